The number of carbonyl (C=O) groups is 1. The number of carbonyl (C=O) groups excluding carboxylic acids is 1. The predicted octanol–water partition coefficient (Wildman–Crippen LogP) is 2.06. The quantitative estimate of drug-likeness (QED) is 0.315. The van der Waals surface area contributed by atoms with Gasteiger partial charge in [0.25, 0.3) is 0 Å². The maximum absolute atomic E-state index is 12.9. The monoisotopic (exact) mass is 340 g/mol. The van der Waals surface area contributed by atoms with Crippen molar-refractivity contribution < 1.29 is 44.8 Å². The number of ether oxygens (including phenoxy) is 2. The Kier molecular flexibility index (Phi) is 6.16. The van der Waals surface area contributed by atoms with E-state index in [1.807, 2.05) is 0 Å². The SMILES string of the molecule is CCC(C)(C)C(=O)OCCOC(F)(F)C(F)(F)S(=O)(=O)O. The van der Waals surface area contributed by atoms with Crippen LogP contribution in [0.4, 0.5) is 17.6 Å². The molecule has 0 saturated carbocycles. The van der Waals surface area contributed by atoms with Crippen LogP contribution in [0.25, 0.3) is 0 Å². The summed E-state index contributed by atoms with van der Waals surface area (Å²) in [6.07, 6.45) is -5.07. The van der Waals surface area contributed by atoms with Crippen LogP contribution < -0.4 is 0 Å². The summed E-state index contributed by atoms with van der Waals surface area (Å²) in [5.41, 5.74) is -0.888. The van der Waals surface area contributed by atoms with Gasteiger partial charge in [0.2, 0.25) is 0 Å². The van der Waals surface area contributed by atoms with Crippen molar-refractivity contribution in [1.82, 2.24) is 0 Å². The molecule has 0 aliphatic carbocycles. The minimum atomic E-state index is -6.36. The molecule has 0 spiro atoms. The number of hydrogen-bond donors (Lipinski definition) is 1. The van der Waals surface area contributed by atoms with E-state index in [1.165, 1.54) is 13.8 Å². The Bertz CT molecular complexity index is 474. The average molecular weight is 340 g/mol. The van der Waals surface area contributed by atoms with Crippen LogP contribution in [-0.4, -0.2) is 43.5 Å². The zero-order chi connectivity index (χ0) is 17.1. The molecule has 0 atom stereocenters. The Balaban J connectivity index is 4.52. The highest BCUT2D eigenvalue weighted by atomic mass is 32.2. The molecule has 0 heterocycles. The molecule has 0 fully saturated rings. The van der Waals surface area contributed by atoms with Gasteiger partial charge in [-0.05, 0) is 20.3 Å². The molecular weight excluding hydrogens is 324 g/mol. The van der Waals surface area contributed by atoms with Crippen molar-refractivity contribution in [2.45, 2.75) is 38.6 Å². The van der Waals surface area contributed by atoms with Crippen molar-refractivity contribution in [2.24, 2.45) is 5.41 Å². The van der Waals surface area contributed by atoms with Crippen molar-refractivity contribution in [2.75, 3.05) is 13.2 Å². The van der Waals surface area contributed by atoms with E-state index in [0.29, 0.717) is 6.42 Å². The molecule has 126 valence electrons. The van der Waals surface area contributed by atoms with Crippen LogP contribution in [0.2, 0.25) is 0 Å². The van der Waals surface area contributed by atoms with Gasteiger partial charge in [0.15, 0.2) is 0 Å². The highest BCUT2D eigenvalue weighted by Crippen LogP contribution is 2.39. The first-order chi connectivity index (χ1) is 9.19. The van der Waals surface area contributed by atoms with Crippen LogP contribution in [0, 0.1) is 5.41 Å². The molecule has 1 N–H and O–H groups in total. The van der Waals surface area contributed by atoms with Crippen LogP contribution in [-0.2, 0) is 24.4 Å². The number of hydrogen-bond acceptors (Lipinski definition) is 5. The lowest BCUT2D eigenvalue weighted by atomic mass is 9.91. The molecule has 0 bridgehead atoms. The second-order valence-corrected chi connectivity index (χ2v) is 6.19. The maximum atomic E-state index is 12.9. The molecule has 0 amide bonds. The predicted molar refractivity (Wildman–Crippen MR) is 62.4 cm³/mol. The van der Waals surface area contributed by atoms with Crippen LogP contribution in [0.5, 0.6) is 0 Å². The van der Waals surface area contributed by atoms with Gasteiger partial charge in [-0.3, -0.25) is 9.35 Å². The summed E-state index contributed by atoms with van der Waals surface area (Å²) in [5, 5.41) is -5.81. The van der Waals surface area contributed by atoms with E-state index < -0.39 is 46.1 Å². The topological polar surface area (TPSA) is 89.9 Å². The average Bonchev–Trinajstić information content (AvgIpc) is 2.32. The third-order valence-electron chi connectivity index (χ3n) is 2.70. The summed E-state index contributed by atoms with van der Waals surface area (Å²) < 4.78 is 87.5. The number of esters is 1. The summed E-state index contributed by atoms with van der Waals surface area (Å²) >= 11 is 0. The Morgan fingerprint density at radius 2 is 1.62 bits per heavy atom. The van der Waals surface area contributed by atoms with E-state index >= 15 is 0 Å². The Morgan fingerprint density at radius 1 is 1.14 bits per heavy atom. The molecular formula is C10H16F4O6S. The van der Waals surface area contributed by atoms with E-state index in [4.69, 9.17) is 4.55 Å². The van der Waals surface area contributed by atoms with E-state index in [-0.39, 0.29) is 0 Å². The van der Waals surface area contributed by atoms with Crippen LogP contribution in [0.15, 0.2) is 0 Å². The molecule has 21 heavy (non-hydrogen) atoms. The first kappa shape index (κ1) is 20.1. The molecule has 0 aromatic carbocycles. The van der Waals surface area contributed by atoms with Gasteiger partial charge in [-0.2, -0.15) is 26.0 Å². The van der Waals surface area contributed by atoms with Crippen molar-refractivity contribution >= 4 is 16.1 Å². The van der Waals surface area contributed by atoms with Gasteiger partial charge in [-0.1, -0.05) is 6.92 Å². The molecule has 0 saturated heterocycles. The van der Waals surface area contributed by atoms with Gasteiger partial charge in [-0.25, -0.2) is 0 Å². The molecule has 0 aromatic heterocycles. The number of alkyl halides is 4. The number of rotatable bonds is 8. The second kappa shape index (κ2) is 6.44. The molecule has 6 nitrogen and oxygen atoms in total. The van der Waals surface area contributed by atoms with Crippen LogP contribution in [0.1, 0.15) is 27.2 Å². The summed E-state index contributed by atoms with van der Waals surface area (Å²) in [6.45, 7) is 2.77. The molecule has 11 heteroatoms. The summed E-state index contributed by atoms with van der Waals surface area (Å²) in [6, 6.07) is 0. The Hall–Kier alpha value is -0.940. The summed E-state index contributed by atoms with van der Waals surface area (Å²) in [5.74, 6) is -0.751. The lowest BCUT2D eigenvalue weighted by molar-refractivity contribution is -0.320. The van der Waals surface area contributed by atoms with E-state index in [2.05, 4.69) is 9.47 Å². The van der Waals surface area contributed by atoms with Crippen LogP contribution >= 0.6 is 0 Å². The van der Waals surface area contributed by atoms with Gasteiger partial charge in [0, 0.05) is 0 Å². The molecule has 0 aliphatic rings. The van der Waals surface area contributed by atoms with Crippen LogP contribution in [0.3, 0.4) is 0 Å². The molecule has 0 rings (SSSR count). The van der Waals surface area contributed by atoms with Gasteiger partial charge in [-0.15, -0.1) is 0 Å². The largest absolute Gasteiger partial charge is 0.463 e. The summed E-state index contributed by atoms with van der Waals surface area (Å²) in [7, 11) is -6.36. The lowest BCUT2D eigenvalue weighted by Crippen LogP contribution is -2.49. The van der Waals surface area contributed by atoms with Gasteiger partial charge in [0.05, 0.1) is 12.0 Å². The lowest BCUT2D eigenvalue weighted by Gasteiger charge is -2.24. The highest BCUT2D eigenvalue weighted by Gasteiger charge is 2.67. The second-order valence-electron chi connectivity index (χ2n) is 4.73. The van der Waals surface area contributed by atoms with Crippen molar-refractivity contribution in [3.8, 4) is 0 Å². The standard InChI is InChI=1S/C10H16F4O6S/c1-4-8(2,3)7(15)19-5-6-20-9(11,12)10(13,14)21(16,17)18/h4-6H2,1-3H3,(H,16,17,18). The molecule has 0 radical (unpaired) electrons. The third kappa shape index (κ3) is 4.78. The first-order valence-electron chi connectivity index (χ1n) is 5.73. The zero-order valence-electron chi connectivity index (χ0n) is 11.5. The van der Waals surface area contributed by atoms with E-state index in [1.54, 1.807) is 6.92 Å². The Labute approximate surface area is 119 Å². The van der Waals surface area contributed by atoms with Crippen molar-refractivity contribution in [1.29, 1.82) is 0 Å². The number of halogens is 4. The molecule has 0 aromatic rings. The normalized spacial score (nSPS) is 14.1. The maximum Gasteiger partial charge on any atom is 0.459 e. The van der Waals surface area contributed by atoms with Gasteiger partial charge in [0.1, 0.15) is 6.61 Å². The van der Waals surface area contributed by atoms with E-state index in [0.717, 1.165) is 0 Å². The summed E-state index contributed by atoms with van der Waals surface area (Å²) in [4.78, 5) is 11.4. The third-order valence-corrected chi connectivity index (χ3v) is 3.58. The molecule has 0 aliphatic heterocycles. The minimum absolute atomic E-state index is 0.393. The Morgan fingerprint density at radius 3 is 2.00 bits per heavy atom. The van der Waals surface area contributed by atoms with Crippen molar-refractivity contribution in [3.05, 3.63) is 0 Å². The molecule has 0 unspecified atom stereocenters. The first-order valence-corrected chi connectivity index (χ1v) is 7.17. The van der Waals surface area contributed by atoms with Gasteiger partial charge >= 0.3 is 27.5 Å². The smallest absolute Gasteiger partial charge is 0.459 e. The van der Waals surface area contributed by atoms with Crippen molar-refractivity contribution in [3.63, 3.8) is 0 Å². The van der Waals surface area contributed by atoms with Gasteiger partial charge < -0.3 is 9.47 Å². The minimum Gasteiger partial charge on any atom is -0.463 e. The fourth-order valence-electron chi connectivity index (χ4n) is 0.878. The fourth-order valence-corrected chi connectivity index (χ4v) is 1.24. The fraction of sp³-hybridized carbons (Fsp3) is 0.900. The van der Waals surface area contributed by atoms with E-state index in [9.17, 15) is 30.8 Å². The zero-order valence-corrected chi connectivity index (χ0v) is 12.3. The highest BCUT2D eigenvalue weighted by molar-refractivity contribution is 7.86.